The number of benzene rings is 1. The molecule has 1 aromatic rings. The monoisotopic (exact) mass is 491 g/mol. The number of carbonyl (C=O) groups is 2. The third-order valence-corrected chi connectivity index (χ3v) is 6.29. The fraction of sp³-hybridized carbons (Fsp3) is 0.478. The van der Waals surface area contributed by atoms with Gasteiger partial charge in [-0.15, -0.1) is 0 Å². The molecule has 0 spiro atoms. The molecule has 1 amide bonds. The third kappa shape index (κ3) is 7.01. The molecule has 0 saturated heterocycles. The van der Waals surface area contributed by atoms with Crippen LogP contribution in [0, 0.1) is 17.8 Å². The van der Waals surface area contributed by atoms with Crippen LogP contribution in [0.1, 0.15) is 51.0 Å². The highest BCUT2D eigenvalue weighted by Crippen LogP contribution is 2.40. The predicted molar refractivity (Wildman–Crippen MR) is 120 cm³/mol. The maximum Gasteiger partial charge on any atom is 0.392 e. The van der Waals surface area contributed by atoms with E-state index in [4.69, 9.17) is 23.2 Å². The van der Waals surface area contributed by atoms with Gasteiger partial charge in [0, 0.05) is 5.03 Å². The Morgan fingerprint density at radius 1 is 1.28 bits per heavy atom. The number of amides is 1. The second-order valence-corrected chi connectivity index (χ2v) is 8.86. The van der Waals surface area contributed by atoms with E-state index in [1.807, 2.05) is 6.92 Å². The van der Waals surface area contributed by atoms with Gasteiger partial charge in [-0.05, 0) is 48.4 Å². The van der Waals surface area contributed by atoms with Crippen molar-refractivity contribution in [3.8, 4) is 0 Å². The Morgan fingerprint density at radius 2 is 1.97 bits per heavy atom. The molecule has 1 aromatic carbocycles. The zero-order valence-electron chi connectivity index (χ0n) is 17.8. The van der Waals surface area contributed by atoms with Crippen LogP contribution < -0.4 is 5.32 Å². The zero-order valence-corrected chi connectivity index (χ0v) is 19.3. The Hall–Kier alpha value is -1.99. The van der Waals surface area contributed by atoms with Gasteiger partial charge in [-0.1, -0.05) is 61.7 Å². The lowest BCUT2D eigenvalue weighted by Gasteiger charge is -2.31. The van der Waals surface area contributed by atoms with Crippen LogP contribution in [0.4, 0.5) is 18.9 Å². The Kier molecular flexibility index (Phi) is 9.22. The number of halogens is 5. The number of alkyl halides is 3. The van der Waals surface area contributed by atoms with Crippen molar-refractivity contribution >= 4 is 40.8 Å². The molecule has 2 rings (SSSR count). The van der Waals surface area contributed by atoms with Crippen molar-refractivity contribution in [2.45, 2.75) is 51.6 Å². The quantitative estimate of drug-likeness (QED) is 0.385. The second-order valence-electron chi connectivity index (χ2n) is 8.02. The normalized spacial score (nSPS) is 19.1. The van der Waals surface area contributed by atoms with Gasteiger partial charge in [-0.25, -0.2) is 0 Å². The Morgan fingerprint density at radius 3 is 2.50 bits per heavy atom. The number of carboxylic acid groups (broad SMARTS) is 1. The zero-order chi connectivity index (χ0) is 24.1. The van der Waals surface area contributed by atoms with E-state index in [1.54, 1.807) is 18.2 Å². The smallest absolute Gasteiger partial charge is 0.392 e. The van der Waals surface area contributed by atoms with Crippen molar-refractivity contribution in [1.82, 2.24) is 0 Å². The first-order valence-electron chi connectivity index (χ1n) is 10.4. The fourth-order valence-electron chi connectivity index (χ4n) is 3.93. The van der Waals surface area contributed by atoms with E-state index in [-0.39, 0.29) is 29.5 Å². The minimum absolute atomic E-state index is 0.101. The molecule has 4 nitrogen and oxygen atoms in total. The standard InChI is InChI=1S/C23H26Cl2F3NO3/c1-3-4-15(12-20(30)31)16-7-10-18(25)19(11-16)29-22(32)21(13(2)23(26,27)28)14-5-8-17(24)9-6-14/h5,7-11,13-15,21H,3-4,6,12H2,1-2H3,(H,29,32)(H,30,31)/t13-,14?,15-,21+/m1/s1. The third-order valence-electron chi connectivity index (χ3n) is 5.68. The first-order valence-corrected chi connectivity index (χ1v) is 11.1. The molecule has 0 aromatic heterocycles. The molecule has 32 heavy (non-hydrogen) atoms. The Labute approximate surface area is 195 Å². The maximum absolute atomic E-state index is 13.6. The summed E-state index contributed by atoms with van der Waals surface area (Å²) in [5.41, 5.74) is 0.815. The molecule has 0 bridgehead atoms. The molecule has 1 aliphatic rings. The van der Waals surface area contributed by atoms with Crippen molar-refractivity contribution in [1.29, 1.82) is 0 Å². The summed E-state index contributed by atoms with van der Waals surface area (Å²) in [6, 6.07) is 4.74. The molecular weight excluding hydrogens is 466 g/mol. The lowest BCUT2D eigenvalue weighted by molar-refractivity contribution is -0.188. The molecule has 4 atom stereocenters. The number of carbonyl (C=O) groups excluding carboxylic acids is 1. The summed E-state index contributed by atoms with van der Waals surface area (Å²) in [5, 5.41) is 12.3. The summed E-state index contributed by atoms with van der Waals surface area (Å²) in [6.45, 7) is 2.91. The van der Waals surface area contributed by atoms with Gasteiger partial charge in [0.05, 0.1) is 29.0 Å². The van der Waals surface area contributed by atoms with Crippen molar-refractivity contribution in [3.63, 3.8) is 0 Å². The van der Waals surface area contributed by atoms with Gasteiger partial charge in [0.2, 0.25) is 5.91 Å². The molecule has 0 saturated carbocycles. The number of anilines is 1. The maximum atomic E-state index is 13.6. The van der Waals surface area contributed by atoms with Crippen LogP contribution in [0.5, 0.6) is 0 Å². The van der Waals surface area contributed by atoms with Gasteiger partial charge in [0.1, 0.15) is 0 Å². The van der Waals surface area contributed by atoms with Crippen LogP contribution in [0.25, 0.3) is 0 Å². The average Bonchev–Trinajstić information content (AvgIpc) is 2.70. The first-order chi connectivity index (χ1) is 14.9. The van der Waals surface area contributed by atoms with Gasteiger partial charge >= 0.3 is 12.1 Å². The van der Waals surface area contributed by atoms with E-state index >= 15 is 0 Å². The fourth-order valence-corrected chi connectivity index (χ4v) is 4.25. The number of nitrogens with one attached hydrogen (secondary N) is 1. The van der Waals surface area contributed by atoms with Gasteiger partial charge in [-0.2, -0.15) is 13.2 Å². The molecule has 0 heterocycles. The molecule has 9 heteroatoms. The second kappa shape index (κ2) is 11.2. The Bertz CT molecular complexity index is 899. The summed E-state index contributed by atoms with van der Waals surface area (Å²) in [6.07, 6.45) is 1.50. The number of aliphatic carboxylic acids is 1. The first kappa shape index (κ1) is 26.3. The summed E-state index contributed by atoms with van der Waals surface area (Å²) < 4.78 is 40.7. The van der Waals surface area contributed by atoms with Crippen LogP contribution in [-0.4, -0.2) is 23.2 Å². The SMILES string of the molecule is CCC[C@H](CC(=O)O)c1ccc(Cl)c(NC(=O)[C@H](C2C=CC(Cl)=CC2)[C@@H](C)C(F)(F)F)c1. The Balaban J connectivity index is 2.34. The average molecular weight is 492 g/mol. The number of allylic oxidation sites excluding steroid dienone is 4. The van der Waals surface area contributed by atoms with Gasteiger partial charge in [0.15, 0.2) is 0 Å². The van der Waals surface area contributed by atoms with Gasteiger partial charge < -0.3 is 10.4 Å². The lowest BCUT2D eigenvalue weighted by Crippen LogP contribution is -2.40. The molecule has 0 radical (unpaired) electrons. The minimum Gasteiger partial charge on any atom is -0.481 e. The van der Waals surface area contributed by atoms with Crippen LogP contribution in [0.2, 0.25) is 5.02 Å². The number of hydrogen-bond acceptors (Lipinski definition) is 2. The molecular formula is C23H26Cl2F3NO3. The molecule has 0 fully saturated rings. The van der Waals surface area contributed by atoms with E-state index < -0.39 is 35.8 Å². The molecule has 0 aliphatic heterocycles. The van der Waals surface area contributed by atoms with E-state index in [0.717, 1.165) is 13.3 Å². The summed E-state index contributed by atoms with van der Waals surface area (Å²) in [5.74, 6) is -6.04. The van der Waals surface area contributed by atoms with Crippen molar-refractivity contribution in [2.75, 3.05) is 5.32 Å². The van der Waals surface area contributed by atoms with Crippen molar-refractivity contribution in [2.24, 2.45) is 17.8 Å². The highest BCUT2D eigenvalue weighted by molar-refractivity contribution is 6.33. The highest BCUT2D eigenvalue weighted by atomic mass is 35.5. The van der Waals surface area contributed by atoms with E-state index in [9.17, 15) is 27.9 Å². The largest absolute Gasteiger partial charge is 0.481 e. The lowest BCUT2D eigenvalue weighted by atomic mass is 9.78. The number of carboxylic acids is 1. The van der Waals surface area contributed by atoms with Crippen molar-refractivity contribution < 1.29 is 27.9 Å². The molecule has 1 aliphatic carbocycles. The number of hydrogen-bond donors (Lipinski definition) is 2. The molecule has 2 N–H and O–H groups in total. The van der Waals surface area contributed by atoms with Gasteiger partial charge in [-0.3, -0.25) is 9.59 Å². The van der Waals surface area contributed by atoms with Crippen LogP contribution >= 0.6 is 23.2 Å². The topological polar surface area (TPSA) is 66.4 Å². The molecule has 176 valence electrons. The molecule has 1 unspecified atom stereocenters. The number of rotatable bonds is 9. The predicted octanol–water partition coefficient (Wildman–Crippen LogP) is 7.15. The van der Waals surface area contributed by atoms with Gasteiger partial charge in [0.25, 0.3) is 0 Å². The summed E-state index contributed by atoms with van der Waals surface area (Å²) in [7, 11) is 0. The van der Waals surface area contributed by atoms with Crippen LogP contribution in [0.3, 0.4) is 0 Å². The van der Waals surface area contributed by atoms with E-state index in [2.05, 4.69) is 5.32 Å². The summed E-state index contributed by atoms with van der Waals surface area (Å²) in [4.78, 5) is 24.3. The highest BCUT2D eigenvalue weighted by Gasteiger charge is 2.46. The minimum atomic E-state index is -4.57. The van der Waals surface area contributed by atoms with E-state index in [0.29, 0.717) is 17.0 Å². The van der Waals surface area contributed by atoms with Crippen molar-refractivity contribution in [3.05, 3.63) is 52.0 Å². The summed E-state index contributed by atoms with van der Waals surface area (Å²) >= 11 is 12.1. The van der Waals surface area contributed by atoms with Crippen LogP contribution in [-0.2, 0) is 9.59 Å². The van der Waals surface area contributed by atoms with Crippen LogP contribution in [0.15, 0.2) is 41.5 Å². The van der Waals surface area contributed by atoms with E-state index in [1.165, 1.54) is 18.2 Å².